The summed E-state index contributed by atoms with van der Waals surface area (Å²) in [7, 11) is 0. The predicted octanol–water partition coefficient (Wildman–Crippen LogP) is 4.15. The van der Waals surface area contributed by atoms with Gasteiger partial charge in [-0.05, 0) is 25.7 Å². The molecule has 1 nitrogen and oxygen atoms in total. The van der Waals surface area contributed by atoms with Gasteiger partial charge in [0, 0.05) is 11.8 Å². The first-order chi connectivity index (χ1) is 7.28. The molecule has 0 aliphatic heterocycles. The number of hydrogen-bond donors (Lipinski definition) is 0. The lowest BCUT2D eigenvalue weighted by atomic mass is 10.1. The molecule has 0 N–H and O–H groups in total. The Morgan fingerprint density at radius 1 is 0.933 bits per heavy atom. The fourth-order valence-electron chi connectivity index (χ4n) is 1.26. The van der Waals surface area contributed by atoms with Gasteiger partial charge in [0.2, 0.25) is 0 Å². The van der Waals surface area contributed by atoms with Gasteiger partial charge in [-0.3, -0.25) is 0 Å². The number of alkyl halides is 2. The maximum absolute atomic E-state index is 5.80. The zero-order valence-corrected chi connectivity index (χ0v) is 10.6. The molecule has 0 aliphatic carbocycles. The summed E-state index contributed by atoms with van der Waals surface area (Å²) < 4.78 is 5.80. The maximum Gasteiger partial charge on any atom is 0.0761 e. The van der Waals surface area contributed by atoms with Gasteiger partial charge in [0.15, 0.2) is 0 Å². The molecule has 0 radical (unpaired) electrons. The number of halogens is 2. The van der Waals surface area contributed by atoms with Crippen molar-refractivity contribution in [1.29, 1.82) is 0 Å². The molecule has 0 fully saturated rings. The van der Waals surface area contributed by atoms with E-state index in [1.54, 1.807) is 0 Å². The lowest BCUT2D eigenvalue weighted by Crippen LogP contribution is -2.19. The Morgan fingerprint density at radius 2 is 1.33 bits per heavy atom. The van der Waals surface area contributed by atoms with Crippen molar-refractivity contribution >= 4 is 23.2 Å². The first-order valence-corrected chi connectivity index (χ1v) is 6.37. The summed E-state index contributed by atoms with van der Waals surface area (Å²) in [4.78, 5) is 0. The second-order valence-electron chi connectivity index (χ2n) is 3.35. The second kappa shape index (κ2) is 10.5. The lowest BCUT2D eigenvalue weighted by molar-refractivity contribution is 0.0322. The van der Waals surface area contributed by atoms with Crippen LogP contribution in [0.25, 0.3) is 0 Å². The van der Waals surface area contributed by atoms with Gasteiger partial charge in [-0.15, -0.1) is 36.4 Å². The molecule has 3 heteroatoms. The molecule has 0 aliphatic rings. The van der Waals surface area contributed by atoms with Crippen LogP contribution in [0.5, 0.6) is 0 Å². The Morgan fingerprint density at radius 3 is 1.60 bits per heavy atom. The highest BCUT2D eigenvalue weighted by molar-refractivity contribution is 6.18. The van der Waals surface area contributed by atoms with Crippen molar-refractivity contribution in [2.45, 2.75) is 37.9 Å². The van der Waals surface area contributed by atoms with Gasteiger partial charge in [0.25, 0.3) is 0 Å². The molecule has 0 heterocycles. The average molecular weight is 251 g/mol. The van der Waals surface area contributed by atoms with Crippen LogP contribution in [-0.2, 0) is 4.74 Å². The third kappa shape index (κ3) is 7.89. The van der Waals surface area contributed by atoms with Crippen molar-refractivity contribution in [1.82, 2.24) is 0 Å². The molecule has 0 aromatic carbocycles. The fourth-order valence-corrected chi connectivity index (χ4v) is 1.57. The molecule has 15 heavy (non-hydrogen) atoms. The van der Waals surface area contributed by atoms with Gasteiger partial charge < -0.3 is 4.74 Å². The maximum atomic E-state index is 5.80. The highest BCUT2D eigenvalue weighted by atomic mass is 35.5. The van der Waals surface area contributed by atoms with E-state index in [2.05, 4.69) is 13.2 Å². The van der Waals surface area contributed by atoms with Crippen LogP contribution in [0.3, 0.4) is 0 Å². The minimum absolute atomic E-state index is 0.0714. The van der Waals surface area contributed by atoms with Crippen LogP contribution < -0.4 is 0 Å². The van der Waals surface area contributed by atoms with Crippen molar-refractivity contribution in [2.24, 2.45) is 0 Å². The van der Waals surface area contributed by atoms with Crippen molar-refractivity contribution in [2.75, 3.05) is 11.8 Å². The van der Waals surface area contributed by atoms with Gasteiger partial charge in [0.1, 0.15) is 0 Å². The SMILES string of the molecule is C=CC(CCCCl)OC(C=C)CCCCl. The van der Waals surface area contributed by atoms with E-state index >= 15 is 0 Å². The van der Waals surface area contributed by atoms with E-state index in [-0.39, 0.29) is 12.2 Å². The Hall–Kier alpha value is 0.0200. The van der Waals surface area contributed by atoms with Crippen molar-refractivity contribution < 1.29 is 4.74 Å². The van der Waals surface area contributed by atoms with E-state index in [0.717, 1.165) is 25.7 Å². The zero-order chi connectivity index (χ0) is 11.5. The summed E-state index contributed by atoms with van der Waals surface area (Å²) in [6.07, 6.45) is 7.50. The largest absolute Gasteiger partial charge is 0.367 e. The molecule has 0 spiro atoms. The van der Waals surface area contributed by atoms with Crippen molar-refractivity contribution in [3.8, 4) is 0 Å². The number of rotatable bonds is 10. The summed E-state index contributed by atoms with van der Waals surface area (Å²) in [5, 5.41) is 0. The van der Waals surface area contributed by atoms with E-state index in [4.69, 9.17) is 27.9 Å². The predicted molar refractivity (Wildman–Crippen MR) is 69.0 cm³/mol. The van der Waals surface area contributed by atoms with Crippen LogP contribution in [0, 0.1) is 0 Å². The van der Waals surface area contributed by atoms with Crippen LogP contribution in [0.4, 0.5) is 0 Å². The molecule has 0 aromatic rings. The monoisotopic (exact) mass is 250 g/mol. The Kier molecular flexibility index (Phi) is 10.5. The van der Waals surface area contributed by atoms with E-state index < -0.39 is 0 Å². The summed E-state index contributed by atoms with van der Waals surface area (Å²) in [5.74, 6) is 1.32. The summed E-state index contributed by atoms with van der Waals surface area (Å²) in [6, 6.07) is 0. The van der Waals surface area contributed by atoms with Crippen LogP contribution in [-0.4, -0.2) is 24.0 Å². The van der Waals surface area contributed by atoms with Crippen molar-refractivity contribution in [3.05, 3.63) is 25.3 Å². The molecule has 2 unspecified atom stereocenters. The Balaban J connectivity index is 3.88. The molecule has 0 saturated heterocycles. The van der Waals surface area contributed by atoms with E-state index in [1.807, 2.05) is 12.2 Å². The molecular formula is C12H20Cl2O. The van der Waals surface area contributed by atoms with Gasteiger partial charge in [-0.2, -0.15) is 0 Å². The first kappa shape index (κ1) is 15.0. The van der Waals surface area contributed by atoms with E-state index in [0.29, 0.717) is 11.8 Å². The Labute approximate surface area is 103 Å². The van der Waals surface area contributed by atoms with E-state index in [9.17, 15) is 0 Å². The Bertz CT molecular complexity index is 153. The normalized spacial score (nSPS) is 14.5. The van der Waals surface area contributed by atoms with E-state index in [1.165, 1.54) is 0 Å². The standard InChI is InChI=1S/C12H20Cl2O/c1-3-11(7-5-9-13)15-12(4-2)8-6-10-14/h3-4,11-12H,1-2,5-10H2. The smallest absolute Gasteiger partial charge is 0.0761 e. The molecular weight excluding hydrogens is 231 g/mol. The zero-order valence-electron chi connectivity index (χ0n) is 9.13. The molecule has 88 valence electrons. The molecule has 0 saturated carbocycles. The number of ether oxygens (including phenoxy) is 1. The molecule has 0 aromatic heterocycles. The lowest BCUT2D eigenvalue weighted by Gasteiger charge is -2.19. The van der Waals surface area contributed by atoms with Crippen LogP contribution in [0.1, 0.15) is 25.7 Å². The minimum Gasteiger partial charge on any atom is -0.367 e. The summed E-state index contributed by atoms with van der Waals surface area (Å²) in [5.41, 5.74) is 0. The van der Waals surface area contributed by atoms with Gasteiger partial charge in [-0.1, -0.05) is 12.2 Å². The summed E-state index contributed by atoms with van der Waals surface area (Å²) in [6.45, 7) is 7.51. The molecule has 0 amide bonds. The van der Waals surface area contributed by atoms with Gasteiger partial charge in [0.05, 0.1) is 12.2 Å². The first-order valence-electron chi connectivity index (χ1n) is 5.31. The quantitative estimate of drug-likeness (QED) is 0.418. The van der Waals surface area contributed by atoms with Gasteiger partial charge >= 0.3 is 0 Å². The fraction of sp³-hybridized carbons (Fsp3) is 0.667. The minimum atomic E-state index is 0.0714. The van der Waals surface area contributed by atoms with Crippen molar-refractivity contribution in [3.63, 3.8) is 0 Å². The number of hydrogen-bond acceptors (Lipinski definition) is 1. The van der Waals surface area contributed by atoms with Crippen LogP contribution in [0.15, 0.2) is 25.3 Å². The summed E-state index contributed by atoms with van der Waals surface area (Å²) >= 11 is 11.3. The highest BCUT2D eigenvalue weighted by Gasteiger charge is 2.10. The average Bonchev–Trinajstić information content (AvgIpc) is 2.28. The topological polar surface area (TPSA) is 9.23 Å². The van der Waals surface area contributed by atoms with Crippen LogP contribution >= 0.6 is 23.2 Å². The third-order valence-corrected chi connectivity index (χ3v) is 2.65. The van der Waals surface area contributed by atoms with Crippen LogP contribution in [0.2, 0.25) is 0 Å². The second-order valence-corrected chi connectivity index (χ2v) is 4.10. The third-order valence-electron chi connectivity index (χ3n) is 2.12. The highest BCUT2D eigenvalue weighted by Crippen LogP contribution is 2.12. The molecule has 2 atom stereocenters. The molecule has 0 bridgehead atoms. The molecule has 0 rings (SSSR count). The van der Waals surface area contributed by atoms with Gasteiger partial charge in [-0.25, -0.2) is 0 Å².